The normalized spacial score (nSPS) is 13.3. The fourth-order valence-electron chi connectivity index (χ4n) is 0.912. The summed E-state index contributed by atoms with van der Waals surface area (Å²) < 4.78 is 5.13. The Labute approximate surface area is 69.4 Å². The van der Waals surface area contributed by atoms with Gasteiger partial charge in [0.05, 0.1) is 11.8 Å². The van der Waals surface area contributed by atoms with Gasteiger partial charge in [0.1, 0.15) is 12.1 Å². The molecule has 0 atom stereocenters. The highest BCUT2D eigenvalue weighted by atomic mass is 16.5. The van der Waals surface area contributed by atoms with Crippen molar-refractivity contribution in [3.05, 3.63) is 30.2 Å². The average molecular weight is 161 g/mol. The molecule has 2 N–H and O–H groups in total. The van der Waals surface area contributed by atoms with Crippen LogP contribution in [-0.2, 0) is 0 Å². The van der Waals surface area contributed by atoms with Crippen LogP contribution in [0.4, 0.5) is 5.82 Å². The zero-order valence-electron chi connectivity index (χ0n) is 6.27. The number of hydrogen-bond donors (Lipinski definition) is 1. The van der Waals surface area contributed by atoms with Crippen molar-refractivity contribution in [1.29, 1.82) is 0 Å². The molecule has 1 aromatic rings. The lowest BCUT2D eigenvalue weighted by Gasteiger charge is -2.01. The van der Waals surface area contributed by atoms with Gasteiger partial charge < -0.3 is 10.5 Å². The molecule has 0 unspecified atom stereocenters. The van der Waals surface area contributed by atoms with E-state index in [1.54, 1.807) is 18.5 Å². The lowest BCUT2D eigenvalue weighted by Crippen LogP contribution is -1.96. The van der Waals surface area contributed by atoms with Gasteiger partial charge in [-0.1, -0.05) is 0 Å². The Morgan fingerprint density at radius 2 is 2.25 bits per heavy atom. The maximum Gasteiger partial charge on any atom is 0.229 e. The molecule has 2 rings (SSSR count). The van der Waals surface area contributed by atoms with Crippen LogP contribution in [0.1, 0.15) is 5.56 Å². The van der Waals surface area contributed by atoms with Crippen LogP contribution in [-0.4, -0.2) is 11.2 Å². The molecule has 0 saturated carbocycles. The number of ether oxygens (including phenoxy) is 1. The van der Waals surface area contributed by atoms with Crippen molar-refractivity contribution >= 4 is 12.0 Å². The van der Waals surface area contributed by atoms with E-state index in [2.05, 4.69) is 9.98 Å². The highest BCUT2D eigenvalue weighted by Gasteiger charge is 2.03. The van der Waals surface area contributed by atoms with Gasteiger partial charge in [0.2, 0.25) is 5.88 Å². The van der Waals surface area contributed by atoms with E-state index in [0.29, 0.717) is 11.7 Å². The average Bonchev–Trinajstić information content (AvgIpc) is 2.28. The van der Waals surface area contributed by atoms with Crippen LogP contribution < -0.4 is 10.5 Å². The fraction of sp³-hybridized carbons (Fsp3) is 0. The number of anilines is 1. The Hall–Kier alpha value is -1.84. The predicted molar refractivity (Wildman–Crippen MR) is 46.0 cm³/mol. The van der Waals surface area contributed by atoms with Crippen molar-refractivity contribution in [2.75, 3.05) is 5.73 Å². The quantitative estimate of drug-likeness (QED) is 0.616. The molecular formula is C8H7N3O. The number of aliphatic imine (C=N–C) groups is 1. The van der Waals surface area contributed by atoms with E-state index in [-0.39, 0.29) is 0 Å². The number of hydrogen-bond acceptors (Lipinski definition) is 4. The van der Waals surface area contributed by atoms with Crippen molar-refractivity contribution in [3.8, 4) is 5.88 Å². The monoisotopic (exact) mass is 161 g/mol. The smallest absolute Gasteiger partial charge is 0.229 e. The van der Waals surface area contributed by atoms with Gasteiger partial charge in [-0.25, -0.2) is 0 Å². The van der Waals surface area contributed by atoms with E-state index in [1.807, 2.05) is 6.07 Å². The van der Waals surface area contributed by atoms with Gasteiger partial charge in [0.15, 0.2) is 0 Å². The Bertz CT molecular complexity index is 357. The van der Waals surface area contributed by atoms with Crippen molar-refractivity contribution in [3.63, 3.8) is 0 Å². The Morgan fingerprint density at radius 3 is 3.17 bits per heavy atom. The molecule has 0 bridgehead atoms. The molecule has 0 aromatic carbocycles. The molecule has 0 radical (unpaired) electrons. The van der Waals surface area contributed by atoms with Gasteiger partial charge in [-0.3, -0.25) is 4.99 Å². The van der Waals surface area contributed by atoms with Gasteiger partial charge in [0, 0.05) is 6.21 Å². The standard InChI is InChI=1S/C8H7N3O/c9-7-2-1-6-5-10-3-4-12-8(6)11-7/h1-5H,(H2,9,11). The molecule has 2 heterocycles. The number of nitrogen functional groups attached to an aromatic ring is 1. The molecule has 1 aliphatic heterocycles. The lowest BCUT2D eigenvalue weighted by atomic mass is 10.3. The highest BCUT2D eigenvalue weighted by molar-refractivity contribution is 5.83. The largest absolute Gasteiger partial charge is 0.444 e. The van der Waals surface area contributed by atoms with E-state index < -0.39 is 0 Å². The fourth-order valence-corrected chi connectivity index (χ4v) is 0.912. The van der Waals surface area contributed by atoms with Crippen molar-refractivity contribution < 1.29 is 4.74 Å². The highest BCUT2D eigenvalue weighted by Crippen LogP contribution is 2.17. The van der Waals surface area contributed by atoms with E-state index in [0.717, 1.165) is 5.56 Å². The van der Waals surface area contributed by atoms with Crippen LogP contribution in [0.3, 0.4) is 0 Å². The number of fused-ring (bicyclic) bond motifs is 1. The van der Waals surface area contributed by atoms with Crippen LogP contribution in [0.15, 0.2) is 29.6 Å². The maximum atomic E-state index is 5.47. The SMILES string of the molecule is Nc1ccc2c(n1)OC=CN=C2. The molecule has 0 aliphatic carbocycles. The van der Waals surface area contributed by atoms with E-state index in [1.165, 1.54) is 6.26 Å². The number of nitrogens with two attached hydrogens (primary N) is 1. The topological polar surface area (TPSA) is 60.5 Å². The number of aromatic nitrogens is 1. The summed E-state index contributed by atoms with van der Waals surface area (Å²) in [7, 11) is 0. The Balaban J connectivity index is 2.53. The van der Waals surface area contributed by atoms with Crippen molar-refractivity contribution in [2.45, 2.75) is 0 Å². The third kappa shape index (κ3) is 1.14. The van der Waals surface area contributed by atoms with Gasteiger partial charge in [-0.15, -0.1) is 0 Å². The van der Waals surface area contributed by atoms with E-state index in [9.17, 15) is 0 Å². The predicted octanol–water partition coefficient (Wildman–Crippen LogP) is 0.946. The first-order valence-corrected chi connectivity index (χ1v) is 3.47. The van der Waals surface area contributed by atoms with Crippen LogP contribution in [0.2, 0.25) is 0 Å². The second-order valence-corrected chi connectivity index (χ2v) is 2.31. The minimum Gasteiger partial charge on any atom is -0.444 e. The molecular weight excluding hydrogens is 154 g/mol. The number of rotatable bonds is 0. The first-order chi connectivity index (χ1) is 5.86. The minimum absolute atomic E-state index is 0.442. The molecule has 0 spiro atoms. The van der Waals surface area contributed by atoms with Gasteiger partial charge in [-0.2, -0.15) is 4.98 Å². The maximum absolute atomic E-state index is 5.47. The summed E-state index contributed by atoms with van der Waals surface area (Å²) in [5.41, 5.74) is 6.30. The summed E-state index contributed by atoms with van der Waals surface area (Å²) in [6, 6.07) is 3.52. The first kappa shape index (κ1) is 6.84. The summed E-state index contributed by atoms with van der Waals surface area (Å²) in [6.45, 7) is 0. The van der Waals surface area contributed by atoms with Crippen LogP contribution in [0.5, 0.6) is 5.88 Å². The van der Waals surface area contributed by atoms with Crippen LogP contribution >= 0.6 is 0 Å². The van der Waals surface area contributed by atoms with E-state index in [4.69, 9.17) is 10.5 Å². The van der Waals surface area contributed by atoms with Gasteiger partial charge >= 0.3 is 0 Å². The second kappa shape index (κ2) is 2.65. The Morgan fingerprint density at radius 1 is 1.33 bits per heavy atom. The second-order valence-electron chi connectivity index (χ2n) is 2.31. The number of nitrogens with zero attached hydrogens (tertiary/aromatic N) is 2. The lowest BCUT2D eigenvalue weighted by molar-refractivity contribution is 0.462. The van der Waals surface area contributed by atoms with Crippen LogP contribution in [0, 0.1) is 0 Å². The molecule has 1 aromatic heterocycles. The van der Waals surface area contributed by atoms with Crippen molar-refractivity contribution in [2.24, 2.45) is 4.99 Å². The molecule has 1 aliphatic rings. The summed E-state index contributed by atoms with van der Waals surface area (Å²) >= 11 is 0. The first-order valence-electron chi connectivity index (χ1n) is 3.47. The third-order valence-corrected chi connectivity index (χ3v) is 1.45. The number of pyridine rings is 1. The molecule has 0 fully saturated rings. The summed E-state index contributed by atoms with van der Waals surface area (Å²) in [4.78, 5) is 7.92. The summed E-state index contributed by atoms with van der Waals surface area (Å²) in [5.74, 6) is 0.935. The Kier molecular flexibility index (Phi) is 1.51. The van der Waals surface area contributed by atoms with Gasteiger partial charge in [0.25, 0.3) is 0 Å². The summed E-state index contributed by atoms with van der Waals surface area (Å²) in [6.07, 6.45) is 4.69. The molecule has 4 nitrogen and oxygen atoms in total. The van der Waals surface area contributed by atoms with Crippen LogP contribution in [0.25, 0.3) is 0 Å². The third-order valence-electron chi connectivity index (χ3n) is 1.45. The van der Waals surface area contributed by atoms with Gasteiger partial charge in [-0.05, 0) is 12.1 Å². The zero-order chi connectivity index (χ0) is 8.39. The van der Waals surface area contributed by atoms with Crippen molar-refractivity contribution in [1.82, 2.24) is 4.98 Å². The van der Waals surface area contributed by atoms with E-state index >= 15 is 0 Å². The minimum atomic E-state index is 0.442. The molecule has 12 heavy (non-hydrogen) atoms. The zero-order valence-corrected chi connectivity index (χ0v) is 6.27. The molecule has 60 valence electrons. The molecule has 0 saturated heterocycles. The summed E-state index contributed by atoms with van der Waals surface area (Å²) in [5, 5.41) is 0. The molecule has 0 amide bonds. The molecule has 4 heteroatoms.